The molecule has 0 saturated heterocycles. The number of ether oxygens (including phenoxy) is 2. The van der Waals surface area contributed by atoms with E-state index in [4.69, 9.17) is 9.47 Å². The second-order valence-electron chi connectivity index (χ2n) is 6.94. The van der Waals surface area contributed by atoms with E-state index < -0.39 is 22.0 Å². The van der Waals surface area contributed by atoms with Crippen LogP contribution in [0, 0.1) is 0 Å². The SMILES string of the molecule is CCOc1ccc(OCC)c(NC(=O)[C@@H](Cc2ccccc2)NS(=O)(=O)c2ccc(Br)s2)c1. The average molecular weight is 554 g/mol. The lowest BCUT2D eigenvalue weighted by atomic mass is 10.1. The first-order valence-corrected chi connectivity index (χ1v) is 13.4. The van der Waals surface area contributed by atoms with Crippen LogP contribution in [0.2, 0.25) is 0 Å². The second kappa shape index (κ2) is 11.6. The first kappa shape index (κ1) is 25.2. The molecular formula is C23H25BrN2O5S2. The molecule has 0 aliphatic rings. The van der Waals surface area contributed by atoms with Gasteiger partial charge in [0.05, 0.1) is 22.7 Å². The van der Waals surface area contributed by atoms with Crippen LogP contribution in [0.1, 0.15) is 19.4 Å². The van der Waals surface area contributed by atoms with Crippen molar-refractivity contribution in [2.24, 2.45) is 0 Å². The predicted octanol–water partition coefficient (Wildman–Crippen LogP) is 4.84. The molecule has 0 aliphatic heterocycles. The van der Waals surface area contributed by atoms with Gasteiger partial charge in [0, 0.05) is 6.07 Å². The van der Waals surface area contributed by atoms with E-state index in [2.05, 4.69) is 26.0 Å². The van der Waals surface area contributed by atoms with Crippen LogP contribution < -0.4 is 19.5 Å². The Labute approximate surface area is 206 Å². The normalized spacial score (nSPS) is 12.2. The summed E-state index contributed by atoms with van der Waals surface area (Å²) in [4.78, 5) is 13.3. The number of carbonyl (C=O) groups excluding carboxylic acids is 1. The van der Waals surface area contributed by atoms with Crippen LogP contribution in [0.5, 0.6) is 11.5 Å². The number of carbonyl (C=O) groups is 1. The fraction of sp³-hybridized carbons (Fsp3) is 0.261. The van der Waals surface area contributed by atoms with Crippen molar-refractivity contribution >= 4 is 48.9 Å². The zero-order chi connectivity index (χ0) is 23.8. The van der Waals surface area contributed by atoms with Crippen molar-refractivity contribution in [3.05, 3.63) is 70.0 Å². The molecule has 10 heteroatoms. The third-order valence-electron chi connectivity index (χ3n) is 4.53. The first-order chi connectivity index (χ1) is 15.8. The van der Waals surface area contributed by atoms with Crippen molar-refractivity contribution in [1.82, 2.24) is 4.72 Å². The van der Waals surface area contributed by atoms with E-state index in [0.717, 1.165) is 16.9 Å². The van der Waals surface area contributed by atoms with Crippen LogP contribution in [0.15, 0.2) is 68.7 Å². The number of anilines is 1. The summed E-state index contributed by atoms with van der Waals surface area (Å²) in [6.45, 7) is 4.58. The van der Waals surface area contributed by atoms with Crippen LogP contribution in [-0.4, -0.2) is 33.6 Å². The molecule has 176 valence electrons. The van der Waals surface area contributed by atoms with Crippen LogP contribution in [-0.2, 0) is 21.2 Å². The van der Waals surface area contributed by atoms with E-state index in [0.29, 0.717) is 34.2 Å². The maximum Gasteiger partial charge on any atom is 0.250 e. The van der Waals surface area contributed by atoms with E-state index in [1.807, 2.05) is 44.2 Å². The van der Waals surface area contributed by atoms with Crippen LogP contribution in [0.25, 0.3) is 0 Å². The smallest absolute Gasteiger partial charge is 0.250 e. The Morgan fingerprint density at radius 3 is 2.39 bits per heavy atom. The maximum atomic E-state index is 13.3. The van der Waals surface area contributed by atoms with Crippen LogP contribution in [0.4, 0.5) is 5.69 Å². The van der Waals surface area contributed by atoms with E-state index in [1.165, 1.54) is 6.07 Å². The van der Waals surface area contributed by atoms with Crippen molar-refractivity contribution < 1.29 is 22.7 Å². The fourth-order valence-electron chi connectivity index (χ4n) is 3.09. The van der Waals surface area contributed by atoms with Crippen LogP contribution >= 0.6 is 27.3 Å². The molecule has 0 spiro atoms. The summed E-state index contributed by atoms with van der Waals surface area (Å²) >= 11 is 4.35. The monoisotopic (exact) mass is 552 g/mol. The quantitative estimate of drug-likeness (QED) is 0.355. The molecule has 2 aromatic carbocycles. The molecule has 3 aromatic rings. The molecule has 3 rings (SSSR count). The van der Waals surface area contributed by atoms with Gasteiger partial charge >= 0.3 is 0 Å². The summed E-state index contributed by atoms with van der Waals surface area (Å²) in [5.41, 5.74) is 1.23. The number of amides is 1. The van der Waals surface area contributed by atoms with Crippen molar-refractivity contribution in [1.29, 1.82) is 0 Å². The Morgan fingerprint density at radius 1 is 1.03 bits per heavy atom. The molecule has 7 nitrogen and oxygen atoms in total. The van der Waals surface area contributed by atoms with Gasteiger partial charge in [-0.25, -0.2) is 8.42 Å². The van der Waals surface area contributed by atoms with E-state index >= 15 is 0 Å². The summed E-state index contributed by atoms with van der Waals surface area (Å²) in [6, 6.07) is 16.5. The molecule has 33 heavy (non-hydrogen) atoms. The molecule has 0 radical (unpaired) electrons. The number of halogens is 1. The third-order valence-corrected chi connectivity index (χ3v) is 8.12. The van der Waals surface area contributed by atoms with Gasteiger partial charge in [-0.1, -0.05) is 30.3 Å². The highest BCUT2D eigenvalue weighted by Gasteiger charge is 2.28. The van der Waals surface area contributed by atoms with Gasteiger partial charge in [-0.2, -0.15) is 4.72 Å². The zero-order valence-corrected chi connectivity index (χ0v) is 21.4. The highest BCUT2D eigenvalue weighted by molar-refractivity contribution is 9.11. The third kappa shape index (κ3) is 7.04. The number of benzene rings is 2. The minimum absolute atomic E-state index is 0.119. The molecule has 1 heterocycles. The largest absolute Gasteiger partial charge is 0.494 e. The number of sulfonamides is 1. The Kier molecular flexibility index (Phi) is 8.90. The van der Waals surface area contributed by atoms with E-state index in [1.54, 1.807) is 24.3 Å². The molecule has 0 fully saturated rings. The van der Waals surface area contributed by atoms with Crippen molar-refractivity contribution in [2.45, 2.75) is 30.5 Å². The van der Waals surface area contributed by atoms with Crippen LogP contribution in [0.3, 0.4) is 0 Å². The van der Waals surface area contributed by atoms with Gasteiger partial charge in [0.25, 0.3) is 10.0 Å². The number of thiophene rings is 1. The molecule has 1 aromatic heterocycles. The Hall–Kier alpha value is -2.40. The standard InChI is InChI=1S/C23H25BrN2O5S2/c1-3-30-17-10-11-20(31-4-2)18(15-17)25-23(27)19(14-16-8-6-5-7-9-16)26-33(28,29)22-13-12-21(24)32-22/h5-13,15,19,26H,3-4,14H2,1-2H3,(H,25,27)/t19-/m1/s1. The lowest BCUT2D eigenvalue weighted by molar-refractivity contribution is -0.117. The van der Waals surface area contributed by atoms with Gasteiger partial charge in [-0.3, -0.25) is 4.79 Å². The number of hydrogen-bond donors (Lipinski definition) is 2. The number of rotatable bonds is 11. The first-order valence-electron chi connectivity index (χ1n) is 10.3. The molecule has 0 unspecified atom stereocenters. The molecule has 0 aliphatic carbocycles. The lowest BCUT2D eigenvalue weighted by Gasteiger charge is -2.20. The molecule has 2 N–H and O–H groups in total. The molecule has 1 amide bonds. The number of hydrogen-bond acceptors (Lipinski definition) is 6. The topological polar surface area (TPSA) is 93.7 Å². The predicted molar refractivity (Wildman–Crippen MR) is 134 cm³/mol. The molecule has 0 saturated carbocycles. The number of nitrogens with one attached hydrogen (secondary N) is 2. The minimum Gasteiger partial charge on any atom is -0.494 e. The van der Waals surface area contributed by atoms with Crippen molar-refractivity contribution in [3.63, 3.8) is 0 Å². The van der Waals surface area contributed by atoms with Gasteiger partial charge < -0.3 is 14.8 Å². The zero-order valence-electron chi connectivity index (χ0n) is 18.2. The molecule has 1 atom stereocenters. The Balaban J connectivity index is 1.90. The maximum absolute atomic E-state index is 13.3. The van der Waals surface area contributed by atoms with E-state index in [9.17, 15) is 13.2 Å². The molecular weight excluding hydrogens is 528 g/mol. The summed E-state index contributed by atoms with van der Waals surface area (Å²) in [5, 5.41) is 2.82. The van der Waals surface area contributed by atoms with Gasteiger partial charge in [0.15, 0.2) is 0 Å². The van der Waals surface area contributed by atoms with Gasteiger partial charge in [-0.05, 0) is 66.0 Å². The summed E-state index contributed by atoms with van der Waals surface area (Å²) in [5.74, 6) is 0.533. The highest BCUT2D eigenvalue weighted by atomic mass is 79.9. The lowest BCUT2D eigenvalue weighted by Crippen LogP contribution is -2.45. The summed E-state index contributed by atoms with van der Waals surface area (Å²) < 4.78 is 40.5. The minimum atomic E-state index is -3.91. The fourth-order valence-corrected chi connectivity index (χ4v) is 6.31. The average Bonchev–Trinajstić information content (AvgIpc) is 3.23. The van der Waals surface area contributed by atoms with Gasteiger partial charge in [0.1, 0.15) is 21.8 Å². The highest BCUT2D eigenvalue weighted by Crippen LogP contribution is 2.30. The van der Waals surface area contributed by atoms with Crippen molar-refractivity contribution in [2.75, 3.05) is 18.5 Å². The molecule has 0 bridgehead atoms. The van der Waals surface area contributed by atoms with Gasteiger partial charge in [0.2, 0.25) is 5.91 Å². The Bertz CT molecular complexity index is 1180. The van der Waals surface area contributed by atoms with E-state index in [-0.39, 0.29) is 10.6 Å². The Morgan fingerprint density at radius 2 is 1.76 bits per heavy atom. The van der Waals surface area contributed by atoms with Crippen molar-refractivity contribution in [3.8, 4) is 11.5 Å². The summed E-state index contributed by atoms with van der Waals surface area (Å²) in [6.07, 6.45) is 0.174. The second-order valence-corrected chi connectivity index (χ2v) is 11.3. The van der Waals surface area contributed by atoms with Gasteiger partial charge in [-0.15, -0.1) is 11.3 Å². The summed E-state index contributed by atoms with van der Waals surface area (Å²) in [7, 11) is -3.91.